The Balaban J connectivity index is 1.21. The first-order chi connectivity index (χ1) is 16.0. The van der Waals surface area contributed by atoms with E-state index in [1.165, 1.54) is 5.56 Å². The number of benzene rings is 1. The Hall–Kier alpha value is -2.48. The van der Waals surface area contributed by atoms with E-state index in [-0.39, 0.29) is 29.4 Å². The highest BCUT2D eigenvalue weighted by atomic mass is 16.6. The summed E-state index contributed by atoms with van der Waals surface area (Å²) in [5.41, 5.74) is 1.40. The number of rotatable bonds is 7. The Morgan fingerprint density at radius 3 is 2.39 bits per heavy atom. The van der Waals surface area contributed by atoms with Crippen LogP contribution in [-0.2, 0) is 16.1 Å². The minimum atomic E-state index is -0.247. The monoisotopic (exact) mass is 459 g/mol. The molecule has 1 atom stereocenters. The summed E-state index contributed by atoms with van der Waals surface area (Å²) in [6, 6.07) is 6.25. The van der Waals surface area contributed by atoms with Gasteiger partial charge in [0.05, 0.1) is 20.8 Å². The molecule has 1 N–H and O–H groups in total. The molecule has 3 aliphatic rings. The van der Waals surface area contributed by atoms with E-state index in [0.29, 0.717) is 19.7 Å². The summed E-state index contributed by atoms with van der Waals surface area (Å²) in [6.45, 7) is 6.40. The van der Waals surface area contributed by atoms with Crippen molar-refractivity contribution in [2.24, 2.45) is 11.3 Å². The van der Waals surface area contributed by atoms with E-state index >= 15 is 0 Å². The molecule has 2 heterocycles. The quantitative estimate of drug-likeness (QED) is 0.675. The number of methoxy groups -OCH3 is 2. The molecule has 0 bridgehead atoms. The van der Waals surface area contributed by atoms with E-state index < -0.39 is 0 Å². The molecule has 2 saturated heterocycles. The van der Waals surface area contributed by atoms with Gasteiger partial charge in [-0.2, -0.15) is 0 Å². The molecule has 1 spiro atoms. The lowest BCUT2D eigenvalue weighted by molar-refractivity contribution is -0.124. The second-order valence-electron chi connectivity index (χ2n) is 9.55. The van der Waals surface area contributed by atoms with Crippen molar-refractivity contribution in [1.82, 2.24) is 15.1 Å². The number of carbonyl (C=O) groups excluding carboxylic acids is 2. The summed E-state index contributed by atoms with van der Waals surface area (Å²) in [5, 5.41) is 3.26. The number of nitrogens with one attached hydrogen (secondary N) is 1. The average molecular weight is 460 g/mol. The molecule has 1 unspecified atom stereocenters. The van der Waals surface area contributed by atoms with Gasteiger partial charge < -0.3 is 24.4 Å². The summed E-state index contributed by atoms with van der Waals surface area (Å²) in [4.78, 5) is 29.0. The van der Waals surface area contributed by atoms with Crippen LogP contribution < -0.4 is 14.8 Å². The maximum atomic E-state index is 12.9. The van der Waals surface area contributed by atoms with Crippen LogP contribution in [-0.4, -0.2) is 74.8 Å². The van der Waals surface area contributed by atoms with E-state index in [0.717, 1.165) is 63.2 Å². The molecule has 33 heavy (non-hydrogen) atoms. The van der Waals surface area contributed by atoms with E-state index in [9.17, 15) is 9.59 Å². The van der Waals surface area contributed by atoms with Crippen molar-refractivity contribution in [2.45, 2.75) is 51.6 Å². The van der Waals surface area contributed by atoms with Crippen LogP contribution in [0.4, 0.5) is 4.79 Å². The minimum absolute atomic E-state index is 0.142. The summed E-state index contributed by atoms with van der Waals surface area (Å²) >= 11 is 0. The van der Waals surface area contributed by atoms with Gasteiger partial charge in [-0.1, -0.05) is 6.07 Å². The topological polar surface area (TPSA) is 80.3 Å². The molecular weight excluding hydrogens is 422 g/mol. The summed E-state index contributed by atoms with van der Waals surface area (Å²) in [6.07, 6.45) is 4.49. The maximum Gasteiger partial charge on any atom is 0.409 e. The zero-order chi connectivity index (χ0) is 23.4. The van der Waals surface area contributed by atoms with Crippen molar-refractivity contribution in [3.05, 3.63) is 23.8 Å². The molecule has 8 nitrogen and oxygen atoms in total. The van der Waals surface area contributed by atoms with Crippen molar-refractivity contribution in [1.29, 1.82) is 0 Å². The molecule has 8 heteroatoms. The molecule has 1 aromatic carbocycles. The van der Waals surface area contributed by atoms with Gasteiger partial charge in [0.1, 0.15) is 0 Å². The van der Waals surface area contributed by atoms with E-state index in [4.69, 9.17) is 14.2 Å². The Kier molecular flexibility index (Phi) is 7.32. The first-order valence-corrected chi connectivity index (χ1v) is 12.1. The standard InChI is InChI=1S/C25H37N3O5/c1-4-33-24(30)28-11-7-19(8-12-28)26-23(29)20-16-25(20)9-13-27(14-10-25)17-18-5-6-21(31-2)22(15-18)32-3/h5-6,15,19-20H,4,7-14,16-17H2,1-3H3,(H,26,29). The zero-order valence-corrected chi connectivity index (χ0v) is 20.1. The maximum absolute atomic E-state index is 12.9. The lowest BCUT2D eigenvalue weighted by Gasteiger charge is -2.34. The Bertz CT molecular complexity index is 844. The van der Waals surface area contributed by atoms with Crippen molar-refractivity contribution < 1.29 is 23.8 Å². The molecule has 3 fully saturated rings. The van der Waals surface area contributed by atoms with Gasteiger partial charge in [0, 0.05) is 31.6 Å². The number of hydrogen-bond acceptors (Lipinski definition) is 6. The van der Waals surface area contributed by atoms with Gasteiger partial charge in [-0.15, -0.1) is 0 Å². The fraction of sp³-hybridized carbons (Fsp3) is 0.680. The highest BCUT2D eigenvalue weighted by Crippen LogP contribution is 2.59. The van der Waals surface area contributed by atoms with Gasteiger partial charge in [0.2, 0.25) is 5.91 Å². The van der Waals surface area contributed by atoms with Crippen LogP contribution in [0.2, 0.25) is 0 Å². The highest BCUT2D eigenvalue weighted by molar-refractivity contribution is 5.83. The van der Waals surface area contributed by atoms with Crippen molar-refractivity contribution in [3.8, 4) is 11.5 Å². The molecule has 182 valence electrons. The van der Waals surface area contributed by atoms with Crippen molar-refractivity contribution in [3.63, 3.8) is 0 Å². The lowest BCUT2D eigenvalue weighted by atomic mass is 9.90. The van der Waals surface area contributed by atoms with Crippen LogP contribution in [0.1, 0.15) is 44.6 Å². The van der Waals surface area contributed by atoms with Gasteiger partial charge in [-0.25, -0.2) is 4.79 Å². The third-order valence-corrected chi connectivity index (χ3v) is 7.58. The minimum Gasteiger partial charge on any atom is -0.493 e. The molecule has 2 aliphatic heterocycles. The fourth-order valence-corrected chi connectivity index (χ4v) is 5.39. The number of likely N-dealkylation sites (tertiary alicyclic amines) is 2. The third kappa shape index (κ3) is 5.37. The van der Waals surface area contributed by atoms with Crippen LogP contribution in [0.25, 0.3) is 0 Å². The molecule has 1 aliphatic carbocycles. The van der Waals surface area contributed by atoms with Crippen LogP contribution in [0.15, 0.2) is 18.2 Å². The highest BCUT2D eigenvalue weighted by Gasteiger charge is 2.58. The van der Waals surface area contributed by atoms with Crippen LogP contribution in [0.3, 0.4) is 0 Å². The first kappa shape index (κ1) is 23.7. The number of nitrogens with zero attached hydrogens (tertiary/aromatic N) is 2. The lowest BCUT2D eigenvalue weighted by Crippen LogP contribution is -2.47. The second kappa shape index (κ2) is 10.2. The van der Waals surface area contributed by atoms with Gasteiger partial charge in [-0.05, 0) is 75.2 Å². The largest absolute Gasteiger partial charge is 0.493 e. The predicted octanol–water partition coefficient (Wildman–Crippen LogP) is 3.04. The predicted molar refractivity (Wildman–Crippen MR) is 124 cm³/mol. The molecule has 1 saturated carbocycles. The molecule has 0 radical (unpaired) electrons. The smallest absolute Gasteiger partial charge is 0.409 e. The molecule has 4 rings (SSSR count). The zero-order valence-electron chi connectivity index (χ0n) is 20.1. The molecule has 2 amide bonds. The van der Waals surface area contributed by atoms with E-state index in [1.807, 2.05) is 19.1 Å². The van der Waals surface area contributed by atoms with Crippen LogP contribution in [0, 0.1) is 11.3 Å². The number of amides is 2. The fourth-order valence-electron chi connectivity index (χ4n) is 5.39. The van der Waals surface area contributed by atoms with E-state index in [1.54, 1.807) is 19.1 Å². The Morgan fingerprint density at radius 1 is 1.06 bits per heavy atom. The number of carbonyl (C=O) groups is 2. The SMILES string of the molecule is CCOC(=O)N1CCC(NC(=O)C2CC23CCN(Cc2ccc(OC)c(OC)c2)CC3)CC1. The average Bonchev–Trinajstić information content (AvgIpc) is 3.54. The van der Waals surface area contributed by atoms with Gasteiger partial charge in [-0.3, -0.25) is 9.69 Å². The van der Waals surface area contributed by atoms with E-state index in [2.05, 4.69) is 16.3 Å². The van der Waals surface area contributed by atoms with Crippen LogP contribution >= 0.6 is 0 Å². The number of piperidine rings is 2. The molecular formula is C25H37N3O5. The second-order valence-corrected chi connectivity index (χ2v) is 9.55. The van der Waals surface area contributed by atoms with Gasteiger partial charge in [0.15, 0.2) is 11.5 Å². The first-order valence-electron chi connectivity index (χ1n) is 12.1. The number of ether oxygens (including phenoxy) is 3. The summed E-state index contributed by atoms with van der Waals surface area (Å²) in [5.74, 6) is 1.86. The number of hydrogen-bond donors (Lipinski definition) is 1. The summed E-state index contributed by atoms with van der Waals surface area (Å²) in [7, 11) is 3.31. The van der Waals surface area contributed by atoms with Crippen molar-refractivity contribution in [2.75, 3.05) is 47.0 Å². The third-order valence-electron chi connectivity index (χ3n) is 7.58. The molecule has 1 aromatic rings. The van der Waals surface area contributed by atoms with Crippen LogP contribution in [0.5, 0.6) is 11.5 Å². The normalized spacial score (nSPS) is 22.6. The van der Waals surface area contributed by atoms with Gasteiger partial charge >= 0.3 is 6.09 Å². The Labute approximate surface area is 196 Å². The Morgan fingerprint density at radius 2 is 1.76 bits per heavy atom. The molecule has 0 aromatic heterocycles. The van der Waals surface area contributed by atoms with Crippen molar-refractivity contribution >= 4 is 12.0 Å². The van der Waals surface area contributed by atoms with Gasteiger partial charge in [0.25, 0.3) is 0 Å². The summed E-state index contributed by atoms with van der Waals surface area (Å²) < 4.78 is 15.8.